The number of aliphatic hydroxyl groups is 1. The zero-order chi connectivity index (χ0) is 26.3. The molecule has 1 aliphatic rings. The molecule has 3 rings (SSSR count). The summed E-state index contributed by atoms with van der Waals surface area (Å²) in [7, 11) is 0. The Morgan fingerprint density at radius 3 is 2.43 bits per heavy atom. The van der Waals surface area contributed by atoms with Crippen molar-refractivity contribution in [1.29, 1.82) is 0 Å². The smallest absolute Gasteiger partial charge is 0.372 e. The van der Waals surface area contributed by atoms with Crippen LogP contribution in [-0.4, -0.2) is 41.5 Å². The molecule has 0 fully saturated rings. The number of hydrogen-bond acceptors (Lipinski definition) is 4. The number of anilines is 1. The van der Waals surface area contributed by atoms with E-state index in [2.05, 4.69) is 15.9 Å². The molecule has 0 aliphatic carbocycles. The number of nitrogens with two attached hydrogens (primary N) is 1. The van der Waals surface area contributed by atoms with Gasteiger partial charge in [-0.05, 0) is 43.3 Å². The van der Waals surface area contributed by atoms with Crippen LogP contribution in [-0.2, 0) is 23.0 Å². The molecule has 1 unspecified atom stereocenters. The SMILES string of the molecule is C#CN1C(=O)C(O)(c2ccc(Br)cc2Cl)c2c1cc(C(N)=O)c(CCN(CC)CC)c2C(F)(F)F. The normalized spacial score (nSPS) is 17.6. The number of carbonyl (C=O) groups is 2. The number of likely N-dealkylation sites (N-methyl/N-ethyl adjacent to an activating group) is 1. The van der Waals surface area contributed by atoms with Crippen molar-refractivity contribution in [3.63, 3.8) is 0 Å². The van der Waals surface area contributed by atoms with Crippen LogP contribution in [0.1, 0.15) is 46.5 Å². The molecule has 2 amide bonds. The molecule has 0 aromatic heterocycles. The van der Waals surface area contributed by atoms with Crippen molar-refractivity contribution in [1.82, 2.24) is 4.90 Å². The van der Waals surface area contributed by atoms with E-state index in [1.165, 1.54) is 18.2 Å². The molecule has 2 aromatic carbocycles. The first kappa shape index (κ1) is 27.0. The number of hydrogen-bond donors (Lipinski definition) is 2. The molecule has 35 heavy (non-hydrogen) atoms. The van der Waals surface area contributed by atoms with Gasteiger partial charge in [0.1, 0.15) is 0 Å². The van der Waals surface area contributed by atoms with Crippen LogP contribution < -0.4 is 10.6 Å². The highest BCUT2D eigenvalue weighted by Crippen LogP contribution is 2.53. The predicted octanol–water partition coefficient (Wildman–Crippen LogP) is 4.28. The summed E-state index contributed by atoms with van der Waals surface area (Å²) in [5.41, 5.74) is -1.08. The Balaban J connectivity index is 2.47. The van der Waals surface area contributed by atoms with Gasteiger partial charge in [0.15, 0.2) is 5.60 Å². The lowest BCUT2D eigenvalue weighted by atomic mass is 9.81. The van der Waals surface area contributed by atoms with Gasteiger partial charge in [-0.2, -0.15) is 13.2 Å². The fraction of sp³-hybridized carbons (Fsp3) is 0.333. The molecule has 1 heterocycles. The van der Waals surface area contributed by atoms with Crippen LogP contribution in [0.15, 0.2) is 28.7 Å². The lowest BCUT2D eigenvalue weighted by molar-refractivity contribution is -0.142. The molecule has 0 saturated heterocycles. The van der Waals surface area contributed by atoms with Crippen molar-refractivity contribution in [3.05, 3.63) is 61.6 Å². The highest BCUT2D eigenvalue weighted by atomic mass is 79.9. The molecule has 0 radical (unpaired) electrons. The number of halogens is 5. The van der Waals surface area contributed by atoms with Crippen LogP contribution in [0.5, 0.6) is 0 Å². The topological polar surface area (TPSA) is 86.9 Å². The minimum Gasteiger partial charge on any atom is -0.372 e. The average Bonchev–Trinajstić information content (AvgIpc) is 2.99. The minimum atomic E-state index is -5.07. The Bertz CT molecular complexity index is 1240. The molecule has 11 heteroatoms. The Morgan fingerprint density at radius 2 is 1.94 bits per heavy atom. The lowest BCUT2D eigenvalue weighted by Crippen LogP contribution is -2.40. The van der Waals surface area contributed by atoms with Crippen molar-refractivity contribution in [2.24, 2.45) is 5.73 Å². The van der Waals surface area contributed by atoms with Crippen molar-refractivity contribution < 1.29 is 27.9 Å². The Labute approximate surface area is 214 Å². The van der Waals surface area contributed by atoms with Crippen LogP contribution >= 0.6 is 27.5 Å². The van der Waals surface area contributed by atoms with E-state index in [1.54, 1.807) is 0 Å². The highest BCUT2D eigenvalue weighted by molar-refractivity contribution is 9.10. The van der Waals surface area contributed by atoms with Crippen LogP contribution in [0.2, 0.25) is 5.02 Å². The van der Waals surface area contributed by atoms with E-state index in [9.17, 15) is 27.9 Å². The van der Waals surface area contributed by atoms with E-state index in [0.29, 0.717) is 22.5 Å². The molecule has 0 bridgehead atoms. The molecular weight excluding hydrogens is 551 g/mol. The van der Waals surface area contributed by atoms with Gasteiger partial charge in [-0.15, -0.1) is 0 Å². The van der Waals surface area contributed by atoms with Gasteiger partial charge in [0.2, 0.25) is 5.91 Å². The van der Waals surface area contributed by atoms with E-state index in [-0.39, 0.29) is 23.6 Å². The summed E-state index contributed by atoms with van der Waals surface area (Å²) in [6.45, 7) is 5.01. The molecule has 2 aromatic rings. The average molecular weight is 573 g/mol. The number of benzene rings is 2. The van der Waals surface area contributed by atoms with Crippen molar-refractivity contribution in [2.45, 2.75) is 32.0 Å². The zero-order valence-electron chi connectivity index (χ0n) is 18.8. The lowest BCUT2D eigenvalue weighted by Gasteiger charge is -2.28. The van der Waals surface area contributed by atoms with Crippen LogP contribution in [0, 0.1) is 12.5 Å². The standard InChI is InChI=1S/C24H22BrClF3N3O3/c1-4-31(5-2)10-9-14-15(21(30)33)12-18-20(19(14)24(27,28)29)23(35,22(34)32(18)6-3)16-8-7-13(25)11-17(16)26/h3,7-8,11-12,35H,4-5,9-10H2,1-2H3,(H2,30,33). The fourth-order valence-corrected chi connectivity index (χ4v) is 5.20. The zero-order valence-corrected chi connectivity index (χ0v) is 21.2. The molecule has 0 saturated carbocycles. The van der Waals surface area contributed by atoms with Gasteiger partial charge in [-0.25, -0.2) is 4.90 Å². The highest BCUT2D eigenvalue weighted by Gasteiger charge is 2.57. The monoisotopic (exact) mass is 571 g/mol. The summed E-state index contributed by atoms with van der Waals surface area (Å²) >= 11 is 9.47. The van der Waals surface area contributed by atoms with Crippen molar-refractivity contribution in [3.8, 4) is 12.5 Å². The Kier molecular flexibility index (Phi) is 7.58. The molecule has 0 spiro atoms. The van der Waals surface area contributed by atoms with E-state index < -0.39 is 51.5 Å². The maximum atomic E-state index is 14.7. The van der Waals surface area contributed by atoms with Crippen molar-refractivity contribution >= 4 is 45.0 Å². The van der Waals surface area contributed by atoms with Gasteiger partial charge >= 0.3 is 6.18 Å². The predicted molar refractivity (Wildman–Crippen MR) is 130 cm³/mol. The number of alkyl halides is 3. The van der Waals surface area contributed by atoms with Gasteiger partial charge in [0.25, 0.3) is 5.91 Å². The first-order chi connectivity index (χ1) is 16.3. The first-order valence-electron chi connectivity index (χ1n) is 10.6. The van der Waals surface area contributed by atoms with Crippen LogP contribution in [0.3, 0.4) is 0 Å². The summed E-state index contributed by atoms with van der Waals surface area (Å²) in [6, 6.07) is 7.05. The molecule has 186 valence electrons. The maximum Gasteiger partial charge on any atom is 0.417 e. The summed E-state index contributed by atoms with van der Waals surface area (Å²) in [4.78, 5) is 28.1. The third kappa shape index (κ3) is 4.54. The number of carbonyl (C=O) groups excluding carboxylic acids is 2. The van der Waals surface area contributed by atoms with E-state index in [0.717, 1.165) is 6.07 Å². The second kappa shape index (κ2) is 9.82. The summed E-state index contributed by atoms with van der Waals surface area (Å²) in [5.74, 6) is -2.34. The third-order valence-electron chi connectivity index (χ3n) is 6.10. The van der Waals surface area contributed by atoms with E-state index in [1.807, 2.05) is 24.8 Å². The molecular formula is C24H22BrClF3N3O3. The second-order valence-electron chi connectivity index (χ2n) is 7.91. The Hall–Kier alpha value is -2.58. The van der Waals surface area contributed by atoms with Gasteiger partial charge < -0.3 is 15.7 Å². The molecule has 1 aliphatic heterocycles. The number of amides is 2. The van der Waals surface area contributed by atoms with E-state index >= 15 is 0 Å². The number of rotatable bonds is 7. The number of fused-ring (bicyclic) bond motifs is 1. The molecule has 6 nitrogen and oxygen atoms in total. The quantitative estimate of drug-likeness (QED) is 0.485. The third-order valence-corrected chi connectivity index (χ3v) is 6.91. The first-order valence-corrected chi connectivity index (χ1v) is 11.8. The van der Waals surface area contributed by atoms with Crippen LogP contribution in [0.4, 0.5) is 18.9 Å². The fourth-order valence-electron chi connectivity index (χ4n) is 4.39. The minimum absolute atomic E-state index is 0.156. The molecule has 1 atom stereocenters. The number of terminal acetylenes is 1. The van der Waals surface area contributed by atoms with Crippen LogP contribution in [0.25, 0.3) is 0 Å². The van der Waals surface area contributed by atoms with Gasteiger partial charge in [-0.1, -0.05) is 53.9 Å². The van der Waals surface area contributed by atoms with E-state index in [4.69, 9.17) is 23.8 Å². The largest absolute Gasteiger partial charge is 0.417 e. The summed E-state index contributed by atoms with van der Waals surface area (Å²) < 4.78 is 44.6. The van der Waals surface area contributed by atoms with Gasteiger partial charge in [-0.3, -0.25) is 9.59 Å². The maximum absolute atomic E-state index is 14.7. The molecule has 3 N–H and O–H groups in total. The van der Waals surface area contributed by atoms with Gasteiger partial charge in [0, 0.05) is 38.8 Å². The number of primary amides is 1. The van der Waals surface area contributed by atoms with Gasteiger partial charge in [0.05, 0.1) is 11.3 Å². The second-order valence-corrected chi connectivity index (χ2v) is 9.24. The summed E-state index contributed by atoms with van der Waals surface area (Å²) in [5, 5.41) is 11.6. The Morgan fingerprint density at radius 1 is 1.31 bits per heavy atom. The summed E-state index contributed by atoms with van der Waals surface area (Å²) in [6.07, 6.45) is 0.171. The van der Waals surface area contributed by atoms with Crippen molar-refractivity contribution in [2.75, 3.05) is 24.5 Å². The number of nitrogens with zero attached hydrogens (tertiary/aromatic N) is 2.